The van der Waals surface area contributed by atoms with Crippen LogP contribution in [0.3, 0.4) is 0 Å². The van der Waals surface area contributed by atoms with E-state index < -0.39 is 16.8 Å². The number of thiazole rings is 1. The third kappa shape index (κ3) is 5.23. The molecule has 1 aromatic heterocycles. The van der Waals surface area contributed by atoms with Crippen molar-refractivity contribution in [2.75, 3.05) is 28.4 Å². The standard InChI is InChI=1S/C22H21N3O8S/c1-30-16-9-13(10-17(31-2)21(16)33-4)5-8-19(26)23-22-24(12-20(27)32-3)15-7-6-14(25(28)29)11-18(15)34-22/h5-11H,12H2,1-4H3. The highest BCUT2D eigenvalue weighted by Gasteiger charge is 2.15. The Kier molecular flexibility index (Phi) is 7.64. The minimum atomic E-state index is -0.603. The first-order chi connectivity index (χ1) is 16.3. The molecule has 11 nitrogen and oxygen atoms in total. The number of amides is 1. The average Bonchev–Trinajstić information content (AvgIpc) is 3.17. The number of aromatic nitrogens is 1. The van der Waals surface area contributed by atoms with Gasteiger partial charge in [-0.05, 0) is 29.8 Å². The van der Waals surface area contributed by atoms with Crippen LogP contribution in [-0.4, -0.2) is 49.8 Å². The minimum absolute atomic E-state index is 0.112. The lowest BCUT2D eigenvalue weighted by atomic mass is 10.1. The van der Waals surface area contributed by atoms with Gasteiger partial charge in [-0.15, -0.1) is 0 Å². The first-order valence-corrected chi connectivity index (χ1v) is 10.5. The highest BCUT2D eigenvalue weighted by atomic mass is 32.1. The largest absolute Gasteiger partial charge is 0.493 e. The predicted molar refractivity (Wildman–Crippen MR) is 124 cm³/mol. The number of ether oxygens (including phenoxy) is 4. The number of nitro benzene ring substituents is 1. The molecule has 3 rings (SSSR count). The predicted octanol–water partition coefficient (Wildman–Crippen LogP) is 2.95. The van der Waals surface area contributed by atoms with Crippen molar-refractivity contribution >= 4 is 45.2 Å². The fourth-order valence-corrected chi connectivity index (χ4v) is 4.17. The maximum atomic E-state index is 12.6. The molecular weight excluding hydrogens is 466 g/mol. The van der Waals surface area contributed by atoms with Crippen molar-refractivity contribution in [2.24, 2.45) is 4.99 Å². The van der Waals surface area contributed by atoms with Gasteiger partial charge in [0.1, 0.15) is 6.54 Å². The first-order valence-electron chi connectivity index (χ1n) is 9.72. The molecule has 3 aromatic rings. The molecule has 0 saturated heterocycles. The summed E-state index contributed by atoms with van der Waals surface area (Å²) < 4.78 is 22.6. The third-order valence-electron chi connectivity index (χ3n) is 4.70. The number of esters is 1. The zero-order valence-electron chi connectivity index (χ0n) is 18.8. The molecule has 0 N–H and O–H groups in total. The quantitative estimate of drug-likeness (QED) is 0.205. The van der Waals surface area contributed by atoms with E-state index in [1.54, 1.807) is 12.1 Å². The summed E-state index contributed by atoms with van der Waals surface area (Å²) in [6.07, 6.45) is 2.77. The molecule has 0 atom stereocenters. The molecule has 0 aliphatic heterocycles. The van der Waals surface area contributed by atoms with Gasteiger partial charge in [-0.3, -0.25) is 19.7 Å². The van der Waals surface area contributed by atoms with Gasteiger partial charge in [0.2, 0.25) is 5.75 Å². The lowest BCUT2D eigenvalue weighted by Gasteiger charge is -2.12. The van der Waals surface area contributed by atoms with E-state index >= 15 is 0 Å². The number of fused-ring (bicyclic) bond motifs is 1. The fraction of sp³-hybridized carbons (Fsp3) is 0.227. The van der Waals surface area contributed by atoms with Crippen molar-refractivity contribution in [2.45, 2.75) is 6.54 Å². The molecule has 0 saturated carbocycles. The average molecular weight is 487 g/mol. The zero-order valence-corrected chi connectivity index (χ0v) is 19.6. The number of rotatable bonds is 8. The van der Waals surface area contributed by atoms with Crippen LogP contribution in [-0.2, 0) is 20.9 Å². The summed E-state index contributed by atoms with van der Waals surface area (Å²) in [5, 5.41) is 11.1. The number of non-ortho nitro benzene ring substituents is 1. The Morgan fingerprint density at radius 2 is 1.76 bits per heavy atom. The summed E-state index contributed by atoms with van der Waals surface area (Å²) in [7, 11) is 5.69. The molecule has 178 valence electrons. The lowest BCUT2D eigenvalue weighted by Crippen LogP contribution is -2.22. The van der Waals surface area contributed by atoms with E-state index in [1.807, 2.05) is 0 Å². The number of hydrogen-bond acceptors (Lipinski definition) is 9. The zero-order chi connectivity index (χ0) is 24.8. The molecule has 0 aliphatic rings. The molecule has 1 heterocycles. The monoisotopic (exact) mass is 487 g/mol. The van der Waals surface area contributed by atoms with Crippen LogP contribution in [0.4, 0.5) is 5.69 Å². The summed E-state index contributed by atoms with van der Waals surface area (Å²) in [5.74, 6) is 0.107. The number of benzene rings is 2. The summed E-state index contributed by atoms with van der Waals surface area (Å²) in [4.78, 5) is 39.4. The van der Waals surface area contributed by atoms with Gasteiger partial charge in [-0.2, -0.15) is 4.99 Å². The molecular formula is C22H21N3O8S. The van der Waals surface area contributed by atoms with E-state index in [0.29, 0.717) is 33.0 Å². The van der Waals surface area contributed by atoms with Gasteiger partial charge >= 0.3 is 5.97 Å². The maximum Gasteiger partial charge on any atom is 0.325 e. The number of nitrogens with zero attached hydrogens (tertiary/aromatic N) is 3. The van der Waals surface area contributed by atoms with E-state index in [0.717, 1.165) is 11.3 Å². The Hall–Kier alpha value is -4.19. The van der Waals surface area contributed by atoms with Gasteiger partial charge in [-0.25, -0.2) is 0 Å². The second-order valence-electron chi connectivity index (χ2n) is 6.70. The molecule has 12 heteroatoms. The highest BCUT2D eigenvalue weighted by Crippen LogP contribution is 2.38. The van der Waals surface area contributed by atoms with Crippen LogP contribution in [0.25, 0.3) is 16.3 Å². The molecule has 0 aliphatic carbocycles. The maximum absolute atomic E-state index is 12.6. The van der Waals surface area contributed by atoms with E-state index in [2.05, 4.69) is 4.99 Å². The molecule has 2 aromatic carbocycles. The topological polar surface area (TPSA) is 131 Å². The van der Waals surface area contributed by atoms with Gasteiger partial charge in [0.15, 0.2) is 16.3 Å². The van der Waals surface area contributed by atoms with Gasteiger partial charge in [-0.1, -0.05) is 11.3 Å². The number of methoxy groups -OCH3 is 4. The number of carbonyl (C=O) groups excluding carboxylic acids is 2. The molecule has 34 heavy (non-hydrogen) atoms. The molecule has 1 amide bonds. The Morgan fingerprint density at radius 3 is 2.32 bits per heavy atom. The Labute approximate surface area is 197 Å². The number of hydrogen-bond donors (Lipinski definition) is 0. The number of carbonyl (C=O) groups is 2. The molecule has 0 bridgehead atoms. The highest BCUT2D eigenvalue weighted by molar-refractivity contribution is 7.16. The summed E-state index contributed by atoms with van der Waals surface area (Å²) >= 11 is 1.05. The molecule has 0 fully saturated rings. The third-order valence-corrected chi connectivity index (χ3v) is 5.74. The van der Waals surface area contributed by atoms with Crippen molar-refractivity contribution in [3.05, 3.63) is 56.9 Å². The van der Waals surface area contributed by atoms with Gasteiger partial charge in [0.25, 0.3) is 11.6 Å². The van der Waals surface area contributed by atoms with Gasteiger partial charge in [0, 0.05) is 18.2 Å². The van der Waals surface area contributed by atoms with Crippen molar-refractivity contribution < 1.29 is 33.5 Å². The van der Waals surface area contributed by atoms with Crippen LogP contribution in [0.2, 0.25) is 0 Å². The summed E-state index contributed by atoms with van der Waals surface area (Å²) in [6, 6.07) is 7.52. The van der Waals surface area contributed by atoms with E-state index in [1.165, 1.54) is 63.4 Å². The lowest BCUT2D eigenvalue weighted by molar-refractivity contribution is -0.384. The second-order valence-corrected chi connectivity index (χ2v) is 7.71. The van der Waals surface area contributed by atoms with E-state index in [-0.39, 0.29) is 17.0 Å². The fourth-order valence-electron chi connectivity index (χ4n) is 3.10. The molecule has 0 unspecified atom stereocenters. The van der Waals surface area contributed by atoms with Crippen molar-refractivity contribution in [3.8, 4) is 17.2 Å². The van der Waals surface area contributed by atoms with Crippen LogP contribution >= 0.6 is 11.3 Å². The van der Waals surface area contributed by atoms with Gasteiger partial charge < -0.3 is 23.5 Å². The molecule has 0 radical (unpaired) electrons. The Bertz CT molecular complexity index is 1330. The summed E-state index contributed by atoms with van der Waals surface area (Å²) in [6.45, 7) is -0.211. The minimum Gasteiger partial charge on any atom is -0.493 e. The van der Waals surface area contributed by atoms with Gasteiger partial charge in [0.05, 0.1) is 43.6 Å². The van der Waals surface area contributed by atoms with E-state index in [4.69, 9.17) is 18.9 Å². The van der Waals surface area contributed by atoms with E-state index in [9.17, 15) is 19.7 Å². The summed E-state index contributed by atoms with van der Waals surface area (Å²) in [5.41, 5.74) is 1.01. The Balaban J connectivity index is 2.02. The first kappa shape index (κ1) is 24.5. The normalized spacial score (nSPS) is 11.6. The number of nitro groups is 1. The van der Waals surface area contributed by atoms with Crippen LogP contribution in [0.1, 0.15) is 5.56 Å². The molecule has 0 spiro atoms. The van der Waals surface area contributed by atoms with Crippen LogP contribution in [0, 0.1) is 10.1 Å². The van der Waals surface area contributed by atoms with Crippen molar-refractivity contribution in [1.29, 1.82) is 0 Å². The second kappa shape index (κ2) is 10.6. The Morgan fingerprint density at radius 1 is 1.09 bits per heavy atom. The SMILES string of the molecule is COC(=O)Cn1c(=NC(=O)C=Cc2cc(OC)c(OC)c(OC)c2)sc2cc([N+](=O)[O-])ccc21. The van der Waals surface area contributed by atoms with Crippen LogP contribution in [0.5, 0.6) is 17.2 Å². The van der Waals surface area contributed by atoms with Crippen molar-refractivity contribution in [3.63, 3.8) is 0 Å². The van der Waals surface area contributed by atoms with Crippen molar-refractivity contribution in [1.82, 2.24) is 4.57 Å². The smallest absolute Gasteiger partial charge is 0.325 e. The van der Waals surface area contributed by atoms with Crippen LogP contribution < -0.4 is 19.0 Å². The van der Waals surface area contributed by atoms with Crippen LogP contribution in [0.15, 0.2) is 41.4 Å².